The second-order valence-corrected chi connectivity index (χ2v) is 6.02. The molecule has 1 heterocycles. The van der Waals surface area contributed by atoms with Crippen LogP contribution in [0.3, 0.4) is 0 Å². The van der Waals surface area contributed by atoms with E-state index in [1.807, 2.05) is 0 Å². The molecule has 0 aliphatic rings. The van der Waals surface area contributed by atoms with Gasteiger partial charge in [0.2, 0.25) is 5.91 Å². The van der Waals surface area contributed by atoms with Gasteiger partial charge in [0.15, 0.2) is 5.69 Å². The summed E-state index contributed by atoms with van der Waals surface area (Å²) in [5.74, 6) is -0.661. The van der Waals surface area contributed by atoms with E-state index in [9.17, 15) is 14.4 Å². The monoisotopic (exact) mass is 377 g/mol. The van der Waals surface area contributed by atoms with Crippen LogP contribution in [-0.2, 0) is 11.3 Å². The largest absolute Gasteiger partial charge is 0.326 e. The Kier molecular flexibility index (Phi) is 5.59. The van der Waals surface area contributed by atoms with Crippen molar-refractivity contribution in [2.75, 3.05) is 5.32 Å². The molecule has 0 saturated carbocycles. The van der Waals surface area contributed by atoms with Crippen molar-refractivity contribution in [1.82, 2.24) is 15.2 Å². The minimum atomic E-state index is -0.510. The molecule has 2 aromatic carbocycles. The van der Waals surface area contributed by atoms with Gasteiger partial charge in [-0.15, -0.1) is 0 Å². The number of anilines is 1. The number of hydrazone groups is 1. The zero-order valence-electron chi connectivity index (χ0n) is 15.5. The summed E-state index contributed by atoms with van der Waals surface area (Å²) in [4.78, 5) is 35.9. The van der Waals surface area contributed by atoms with Crippen LogP contribution in [0.2, 0.25) is 0 Å². The molecule has 0 radical (unpaired) electrons. The van der Waals surface area contributed by atoms with Gasteiger partial charge < -0.3 is 5.32 Å². The second-order valence-electron chi connectivity index (χ2n) is 6.02. The average molecular weight is 377 g/mol. The first-order chi connectivity index (χ1) is 13.5. The van der Waals surface area contributed by atoms with Crippen LogP contribution in [0, 0.1) is 0 Å². The fourth-order valence-electron chi connectivity index (χ4n) is 2.69. The van der Waals surface area contributed by atoms with Crippen LogP contribution >= 0.6 is 0 Å². The molecule has 1 aromatic heterocycles. The van der Waals surface area contributed by atoms with Gasteiger partial charge in [-0.05, 0) is 30.7 Å². The molecule has 0 spiro atoms. The molecule has 0 unspecified atom stereocenters. The van der Waals surface area contributed by atoms with Crippen molar-refractivity contribution in [2.45, 2.75) is 20.4 Å². The van der Waals surface area contributed by atoms with E-state index in [-0.39, 0.29) is 17.2 Å². The Morgan fingerprint density at radius 3 is 2.43 bits per heavy atom. The zero-order chi connectivity index (χ0) is 20.1. The average Bonchev–Trinajstić information content (AvgIpc) is 2.69. The van der Waals surface area contributed by atoms with Crippen LogP contribution in [0.1, 0.15) is 29.9 Å². The molecule has 28 heavy (non-hydrogen) atoms. The molecule has 3 aromatic rings. The molecule has 2 N–H and O–H groups in total. The SMILES string of the molecule is CCn1nc(C(=O)N/N=C/c2ccc(NC(C)=O)cc2)c2ccccc2c1=O. The van der Waals surface area contributed by atoms with E-state index in [1.165, 1.54) is 17.8 Å². The number of hydrogen-bond acceptors (Lipinski definition) is 5. The van der Waals surface area contributed by atoms with Gasteiger partial charge in [0.05, 0.1) is 11.6 Å². The van der Waals surface area contributed by atoms with E-state index < -0.39 is 5.91 Å². The molecular weight excluding hydrogens is 358 g/mol. The lowest BCUT2D eigenvalue weighted by Crippen LogP contribution is -2.28. The summed E-state index contributed by atoms with van der Waals surface area (Å²) in [6, 6.07) is 13.8. The van der Waals surface area contributed by atoms with Crippen molar-refractivity contribution in [3.8, 4) is 0 Å². The van der Waals surface area contributed by atoms with Crippen molar-refractivity contribution >= 4 is 34.5 Å². The third kappa shape index (κ3) is 4.12. The number of benzene rings is 2. The first kappa shape index (κ1) is 19.0. The summed E-state index contributed by atoms with van der Waals surface area (Å²) in [7, 11) is 0. The molecule has 3 rings (SSSR count). The smallest absolute Gasteiger partial charge is 0.292 e. The maximum atomic E-state index is 12.6. The lowest BCUT2D eigenvalue weighted by Gasteiger charge is -2.08. The topological polar surface area (TPSA) is 105 Å². The Morgan fingerprint density at radius 1 is 1.11 bits per heavy atom. The van der Waals surface area contributed by atoms with E-state index in [2.05, 4.69) is 20.9 Å². The van der Waals surface area contributed by atoms with Gasteiger partial charge in [0, 0.05) is 24.5 Å². The van der Waals surface area contributed by atoms with Gasteiger partial charge in [-0.3, -0.25) is 14.4 Å². The van der Waals surface area contributed by atoms with Crippen molar-refractivity contribution in [1.29, 1.82) is 0 Å². The zero-order valence-corrected chi connectivity index (χ0v) is 15.5. The van der Waals surface area contributed by atoms with Crippen molar-refractivity contribution < 1.29 is 9.59 Å². The van der Waals surface area contributed by atoms with Gasteiger partial charge in [0.25, 0.3) is 11.5 Å². The van der Waals surface area contributed by atoms with Crippen molar-refractivity contribution in [3.63, 3.8) is 0 Å². The Balaban J connectivity index is 1.80. The van der Waals surface area contributed by atoms with E-state index in [0.29, 0.717) is 23.0 Å². The van der Waals surface area contributed by atoms with E-state index in [0.717, 1.165) is 5.56 Å². The normalized spacial score (nSPS) is 10.9. The molecule has 8 nitrogen and oxygen atoms in total. The quantitative estimate of drug-likeness (QED) is 0.525. The molecule has 0 aliphatic heterocycles. The Hall–Kier alpha value is -3.81. The molecule has 2 amide bonds. The number of carbonyl (C=O) groups excluding carboxylic acids is 2. The first-order valence-corrected chi connectivity index (χ1v) is 8.70. The summed E-state index contributed by atoms with van der Waals surface area (Å²) in [5.41, 5.74) is 3.75. The number of rotatable bonds is 5. The summed E-state index contributed by atoms with van der Waals surface area (Å²) in [6.07, 6.45) is 1.48. The van der Waals surface area contributed by atoms with Crippen LogP contribution in [0.25, 0.3) is 10.8 Å². The number of hydrogen-bond donors (Lipinski definition) is 2. The third-order valence-electron chi connectivity index (χ3n) is 3.99. The summed E-state index contributed by atoms with van der Waals surface area (Å²) >= 11 is 0. The molecule has 0 saturated heterocycles. The highest BCUT2D eigenvalue weighted by Gasteiger charge is 2.15. The van der Waals surface area contributed by atoms with Crippen LogP contribution in [0.15, 0.2) is 58.4 Å². The van der Waals surface area contributed by atoms with Gasteiger partial charge in [-0.25, -0.2) is 10.1 Å². The standard InChI is InChI=1S/C20H19N5O3/c1-3-25-20(28)17-7-5-4-6-16(17)18(24-25)19(27)23-21-12-14-8-10-15(11-9-14)22-13(2)26/h4-12H,3H2,1-2H3,(H,22,26)(H,23,27)/b21-12+. The van der Waals surface area contributed by atoms with Crippen LogP contribution in [0.5, 0.6) is 0 Å². The van der Waals surface area contributed by atoms with Gasteiger partial charge in [0.1, 0.15) is 0 Å². The predicted octanol–water partition coefficient (Wildman–Crippen LogP) is 2.14. The van der Waals surface area contributed by atoms with Crippen molar-refractivity contribution in [2.24, 2.45) is 5.10 Å². The minimum absolute atomic E-state index is 0.134. The number of aryl methyl sites for hydroxylation is 1. The first-order valence-electron chi connectivity index (χ1n) is 8.70. The maximum Gasteiger partial charge on any atom is 0.292 e. The lowest BCUT2D eigenvalue weighted by molar-refractivity contribution is -0.114. The van der Waals surface area contributed by atoms with E-state index in [1.54, 1.807) is 55.5 Å². The van der Waals surface area contributed by atoms with Gasteiger partial charge in [-0.2, -0.15) is 10.2 Å². The lowest BCUT2D eigenvalue weighted by atomic mass is 10.1. The Morgan fingerprint density at radius 2 is 1.79 bits per heavy atom. The number of amides is 2. The molecule has 142 valence electrons. The van der Waals surface area contributed by atoms with E-state index >= 15 is 0 Å². The van der Waals surface area contributed by atoms with Crippen LogP contribution in [-0.4, -0.2) is 27.8 Å². The molecule has 0 atom stereocenters. The van der Waals surface area contributed by atoms with E-state index in [4.69, 9.17) is 0 Å². The Bertz CT molecular complexity index is 1120. The number of carbonyl (C=O) groups is 2. The number of fused-ring (bicyclic) bond motifs is 1. The molecule has 0 fully saturated rings. The Labute approximate surface area is 160 Å². The molecule has 0 bridgehead atoms. The van der Waals surface area contributed by atoms with Crippen LogP contribution < -0.4 is 16.3 Å². The van der Waals surface area contributed by atoms with Crippen LogP contribution in [0.4, 0.5) is 5.69 Å². The third-order valence-corrected chi connectivity index (χ3v) is 3.99. The maximum absolute atomic E-state index is 12.6. The number of aromatic nitrogens is 2. The number of nitrogens with zero attached hydrogens (tertiary/aromatic N) is 3. The molecular formula is C20H19N5O3. The highest BCUT2D eigenvalue weighted by atomic mass is 16.2. The van der Waals surface area contributed by atoms with Crippen molar-refractivity contribution in [3.05, 3.63) is 70.1 Å². The molecule has 8 heteroatoms. The fourth-order valence-corrected chi connectivity index (χ4v) is 2.69. The predicted molar refractivity (Wildman–Crippen MR) is 107 cm³/mol. The summed E-state index contributed by atoms with van der Waals surface area (Å²) in [5, 5.41) is 11.7. The van der Waals surface area contributed by atoms with Gasteiger partial charge >= 0.3 is 0 Å². The summed E-state index contributed by atoms with van der Waals surface area (Å²) < 4.78 is 1.25. The summed E-state index contributed by atoms with van der Waals surface area (Å²) in [6.45, 7) is 3.58. The highest BCUT2D eigenvalue weighted by Crippen LogP contribution is 2.13. The second kappa shape index (κ2) is 8.26. The van der Waals surface area contributed by atoms with Gasteiger partial charge in [-0.1, -0.05) is 30.3 Å². The highest BCUT2D eigenvalue weighted by molar-refractivity contribution is 6.05. The minimum Gasteiger partial charge on any atom is -0.326 e. The molecule has 0 aliphatic carbocycles. The fraction of sp³-hybridized carbons (Fsp3) is 0.150. The number of nitrogens with one attached hydrogen (secondary N) is 2.